The minimum Gasteiger partial charge on any atom is -0.376 e. The highest BCUT2D eigenvalue weighted by Crippen LogP contribution is 2.30. The fourth-order valence-electron chi connectivity index (χ4n) is 3.79. The quantitative estimate of drug-likeness (QED) is 0.802. The first-order valence-electron chi connectivity index (χ1n) is 9.27. The van der Waals surface area contributed by atoms with Crippen LogP contribution < -0.4 is 0 Å². The van der Waals surface area contributed by atoms with Gasteiger partial charge in [-0.15, -0.1) is 5.10 Å². The van der Waals surface area contributed by atoms with Crippen LogP contribution in [0.1, 0.15) is 30.3 Å². The minimum absolute atomic E-state index is 0.131. The van der Waals surface area contributed by atoms with E-state index in [9.17, 15) is 4.39 Å². The summed E-state index contributed by atoms with van der Waals surface area (Å²) in [5, 5.41) is 12.4. The number of hydrogen-bond acceptors (Lipinski definition) is 6. The van der Waals surface area contributed by atoms with Crippen molar-refractivity contribution in [3.05, 3.63) is 41.5 Å². The van der Waals surface area contributed by atoms with Crippen LogP contribution in [0.5, 0.6) is 0 Å². The Morgan fingerprint density at radius 3 is 2.77 bits per heavy atom. The molecule has 0 aliphatic carbocycles. The van der Waals surface area contributed by atoms with E-state index in [4.69, 9.17) is 4.74 Å². The lowest BCUT2D eigenvalue weighted by molar-refractivity contribution is 0.0876. The van der Waals surface area contributed by atoms with Gasteiger partial charge in [-0.05, 0) is 36.4 Å². The van der Waals surface area contributed by atoms with Gasteiger partial charge in [0.1, 0.15) is 11.9 Å². The average Bonchev–Trinajstić information content (AvgIpc) is 3.31. The zero-order valence-corrected chi connectivity index (χ0v) is 15.1. The number of piperazine rings is 1. The fraction of sp³-hybridized carbons (Fsp3) is 0.611. The molecular formula is C18H25FN6O. The lowest BCUT2D eigenvalue weighted by Gasteiger charge is -2.37. The molecule has 2 aliphatic heterocycles. The molecule has 3 heterocycles. The van der Waals surface area contributed by atoms with Gasteiger partial charge in [0.25, 0.3) is 0 Å². The van der Waals surface area contributed by atoms with Gasteiger partial charge in [0.05, 0.1) is 12.6 Å². The summed E-state index contributed by atoms with van der Waals surface area (Å²) in [5.74, 6) is 0.471. The van der Waals surface area contributed by atoms with Gasteiger partial charge in [-0.3, -0.25) is 4.90 Å². The second kappa shape index (κ2) is 7.77. The van der Waals surface area contributed by atoms with Crippen LogP contribution >= 0.6 is 0 Å². The number of rotatable bonds is 5. The van der Waals surface area contributed by atoms with Crippen LogP contribution in [0.2, 0.25) is 0 Å². The van der Waals surface area contributed by atoms with Crippen LogP contribution in [0.3, 0.4) is 0 Å². The normalized spacial score (nSPS) is 23.4. The maximum Gasteiger partial charge on any atom is 0.173 e. The Bertz CT molecular complexity index is 724. The van der Waals surface area contributed by atoms with Gasteiger partial charge < -0.3 is 9.64 Å². The van der Waals surface area contributed by atoms with E-state index in [-0.39, 0.29) is 18.0 Å². The summed E-state index contributed by atoms with van der Waals surface area (Å²) in [7, 11) is 2.11. The third kappa shape index (κ3) is 3.62. The summed E-state index contributed by atoms with van der Waals surface area (Å²) in [6.45, 7) is 4.99. The van der Waals surface area contributed by atoms with E-state index in [0.29, 0.717) is 17.9 Å². The summed E-state index contributed by atoms with van der Waals surface area (Å²) in [4.78, 5) is 4.56. The third-order valence-electron chi connectivity index (χ3n) is 5.31. The van der Waals surface area contributed by atoms with Gasteiger partial charge in [-0.1, -0.05) is 18.2 Å². The Morgan fingerprint density at radius 2 is 2.04 bits per heavy atom. The average molecular weight is 360 g/mol. The molecule has 0 amide bonds. The molecule has 0 N–H and O–H groups in total. The lowest BCUT2D eigenvalue weighted by Crippen LogP contribution is -2.47. The Kier molecular flexibility index (Phi) is 5.23. The van der Waals surface area contributed by atoms with Crippen molar-refractivity contribution in [3.8, 4) is 0 Å². The van der Waals surface area contributed by atoms with Crippen molar-refractivity contribution in [2.45, 2.75) is 31.5 Å². The highest BCUT2D eigenvalue weighted by molar-refractivity contribution is 5.26. The second-order valence-corrected chi connectivity index (χ2v) is 7.12. The van der Waals surface area contributed by atoms with E-state index in [1.54, 1.807) is 10.7 Å². The highest BCUT2D eigenvalue weighted by atomic mass is 19.1. The summed E-state index contributed by atoms with van der Waals surface area (Å²) in [6.07, 6.45) is 2.21. The monoisotopic (exact) mass is 360 g/mol. The third-order valence-corrected chi connectivity index (χ3v) is 5.31. The van der Waals surface area contributed by atoms with Gasteiger partial charge in [-0.25, -0.2) is 9.07 Å². The molecule has 0 unspecified atom stereocenters. The SMILES string of the molecule is CN1CCN([C@@H](c2ccccc2F)c2nnnn2C[C@H]2CCCO2)CC1. The molecule has 2 aliphatic rings. The molecule has 1 aromatic heterocycles. The molecule has 0 radical (unpaired) electrons. The van der Waals surface area contributed by atoms with Crippen molar-refractivity contribution < 1.29 is 9.13 Å². The van der Waals surface area contributed by atoms with Crippen LogP contribution in [0, 0.1) is 5.82 Å². The van der Waals surface area contributed by atoms with Crippen molar-refractivity contribution in [1.29, 1.82) is 0 Å². The summed E-state index contributed by atoms with van der Waals surface area (Å²) in [6, 6.07) is 6.64. The first-order chi connectivity index (χ1) is 12.7. The van der Waals surface area contributed by atoms with Gasteiger partial charge in [0, 0.05) is 38.3 Å². The predicted molar refractivity (Wildman–Crippen MR) is 94.1 cm³/mol. The molecule has 140 valence electrons. The number of nitrogens with zero attached hydrogens (tertiary/aromatic N) is 6. The largest absolute Gasteiger partial charge is 0.376 e. The first kappa shape index (κ1) is 17.5. The number of benzene rings is 1. The van der Waals surface area contributed by atoms with E-state index in [2.05, 4.69) is 32.4 Å². The van der Waals surface area contributed by atoms with Crippen molar-refractivity contribution >= 4 is 0 Å². The van der Waals surface area contributed by atoms with Gasteiger partial charge in [0.2, 0.25) is 0 Å². The molecule has 2 fully saturated rings. The molecule has 1 aromatic carbocycles. The standard InChI is InChI=1S/C18H25FN6O/c1-23-8-10-24(11-9-23)17(15-6-2-3-7-16(15)19)18-20-21-22-25(18)13-14-5-4-12-26-14/h2-3,6-7,14,17H,4-5,8-13H2,1H3/t14-,17+/m1/s1. The number of halogens is 1. The van der Waals surface area contributed by atoms with E-state index in [0.717, 1.165) is 45.6 Å². The predicted octanol–water partition coefficient (Wildman–Crippen LogP) is 1.33. The van der Waals surface area contributed by atoms with E-state index in [1.807, 2.05) is 12.1 Å². The molecule has 7 nitrogen and oxygen atoms in total. The van der Waals surface area contributed by atoms with Crippen LogP contribution in [-0.2, 0) is 11.3 Å². The lowest BCUT2D eigenvalue weighted by atomic mass is 10.0. The molecular weight excluding hydrogens is 335 g/mol. The Balaban J connectivity index is 1.67. The van der Waals surface area contributed by atoms with Gasteiger partial charge >= 0.3 is 0 Å². The van der Waals surface area contributed by atoms with E-state index < -0.39 is 0 Å². The van der Waals surface area contributed by atoms with Crippen LogP contribution in [0.25, 0.3) is 0 Å². The Morgan fingerprint density at radius 1 is 1.23 bits per heavy atom. The Labute approximate surface area is 152 Å². The molecule has 2 saturated heterocycles. The Hall–Kier alpha value is -1.90. The van der Waals surface area contributed by atoms with Gasteiger partial charge in [-0.2, -0.15) is 0 Å². The number of tetrazole rings is 1. The summed E-state index contributed by atoms with van der Waals surface area (Å²) >= 11 is 0. The molecule has 0 spiro atoms. The molecule has 2 aromatic rings. The number of ether oxygens (including phenoxy) is 1. The summed E-state index contributed by atoms with van der Waals surface area (Å²) in [5.41, 5.74) is 0.625. The highest BCUT2D eigenvalue weighted by Gasteiger charge is 2.32. The number of hydrogen-bond donors (Lipinski definition) is 0. The number of likely N-dealkylation sites (N-methyl/N-ethyl adjacent to an activating group) is 1. The molecule has 8 heteroatoms. The maximum absolute atomic E-state index is 14.7. The van der Waals surface area contributed by atoms with Crippen molar-refractivity contribution in [1.82, 2.24) is 30.0 Å². The molecule has 4 rings (SSSR count). The van der Waals surface area contributed by atoms with E-state index in [1.165, 1.54) is 6.07 Å². The van der Waals surface area contributed by atoms with Crippen LogP contribution in [0.15, 0.2) is 24.3 Å². The summed E-state index contributed by atoms with van der Waals surface area (Å²) < 4.78 is 22.2. The van der Waals surface area contributed by atoms with Crippen molar-refractivity contribution in [2.24, 2.45) is 0 Å². The van der Waals surface area contributed by atoms with Gasteiger partial charge in [0.15, 0.2) is 5.82 Å². The van der Waals surface area contributed by atoms with Crippen LogP contribution in [-0.4, -0.2) is 75.9 Å². The van der Waals surface area contributed by atoms with E-state index >= 15 is 0 Å². The topological polar surface area (TPSA) is 59.3 Å². The zero-order valence-electron chi connectivity index (χ0n) is 15.1. The molecule has 0 saturated carbocycles. The molecule has 0 bridgehead atoms. The van der Waals surface area contributed by atoms with Crippen LogP contribution in [0.4, 0.5) is 4.39 Å². The number of aromatic nitrogens is 4. The van der Waals surface area contributed by atoms with Crippen molar-refractivity contribution in [2.75, 3.05) is 39.8 Å². The maximum atomic E-state index is 14.7. The zero-order chi connectivity index (χ0) is 17.9. The minimum atomic E-state index is -0.290. The fourth-order valence-corrected chi connectivity index (χ4v) is 3.79. The molecule has 26 heavy (non-hydrogen) atoms. The van der Waals surface area contributed by atoms with Crippen molar-refractivity contribution in [3.63, 3.8) is 0 Å². The smallest absolute Gasteiger partial charge is 0.173 e. The first-order valence-corrected chi connectivity index (χ1v) is 9.27. The second-order valence-electron chi connectivity index (χ2n) is 7.12. The molecule has 2 atom stereocenters.